The van der Waals surface area contributed by atoms with Crippen molar-refractivity contribution in [2.24, 2.45) is 10.8 Å². The van der Waals surface area contributed by atoms with Crippen LogP contribution in [0, 0.1) is 12.3 Å². The molecule has 0 aliphatic rings. The molecule has 9 nitrogen and oxygen atoms in total. The standard InChI is InChI=1S/C20H21N5O4S/c1-14-10-16(28-9-8-25(23-2)20(21)22)12-17(11-14)29-30(26,27)19-5-3-4-15-13-24-7-6-18(15)19/h3-7,10-13H,2,8-9H2,1H3,(H3,21,22). The maximum atomic E-state index is 12.9. The third-order valence-electron chi connectivity index (χ3n) is 4.16. The SMILES string of the molecule is C=NN(CCOc1cc(C)cc(OS(=O)(=O)c2cccc3cnccc23)c1)C(=N)N. The number of pyridine rings is 1. The van der Waals surface area contributed by atoms with Gasteiger partial charge in [0.1, 0.15) is 23.0 Å². The minimum atomic E-state index is -4.08. The molecule has 0 spiro atoms. The van der Waals surface area contributed by atoms with E-state index in [0.717, 1.165) is 5.56 Å². The normalized spacial score (nSPS) is 11.1. The Morgan fingerprint density at radius 2 is 2.03 bits per heavy atom. The van der Waals surface area contributed by atoms with Crippen molar-refractivity contribution >= 4 is 33.6 Å². The number of hydrogen-bond acceptors (Lipinski definition) is 7. The van der Waals surface area contributed by atoms with E-state index >= 15 is 0 Å². The second-order valence-electron chi connectivity index (χ2n) is 6.37. The van der Waals surface area contributed by atoms with E-state index in [-0.39, 0.29) is 29.8 Å². The Morgan fingerprint density at radius 1 is 1.27 bits per heavy atom. The Morgan fingerprint density at radius 3 is 2.77 bits per heavy atom. The molecule has 1 aromatic heterocycles. The number of rotatable bonds is 8. The quantitative estimate of drug-likeness (QED) is 0.244. The summed E-state index contributed by atoms with van der Waals surface area (Å²) in [5.74, 6) is 0.287. The van der Waals surface area contributed by atoms with E-state index in [9.17, 15) is 8.42 Å². The van der Waals surface area contributed by atoms with Crippen LogP contribution in [0.5, 0.6) is 11.5 Å². The summed E-state index contributed by atoms with van der Waals surface area (Å²) in [5.41, 5.74) is 6.12. The topological polar surface area (TPSA) is 131 Å². The molecule has 0 unspecified atom stereocenters. The molecule has 0 saturated carbocycles. The van der Waals surface area contributed by atoms with Crippen molar-refractivity contribution in [2.75, 3.05) is 13.2 Å². The summed E-state index contributed by atoms with van der Waals surface area (Å²) in [4.78, 5) is 4.07. The predicted octanol–water partition coefficient (Wildman–Crippen LogP) is 2.50. The molecule has 1 heterocycles. The number of ether oxygens (including phenoxy) is 1. The van der Waals surface area contributed by atoms with Gasteiger partial charge in [-0.15, -0.1) is 0 Å². The highest BCUT2D eigenvalue weighted by Crippen LogP contribution is 2.28. The van der Waals surface area contributed by atoms with E-state index in [1.54, 1.807) is 43.5 Å². The zero-order valence-corrected chi connectivity index (χ0v) is 17.1. The monoisotopic (exact) mass is 427 g/mol. The number of aryl methyl sites for hydroxylation is 1. The zero-order chi connectivity index (χ0) is 21.7. The molecular formula is C20H21N5O4S. The number of nitrogens with zero attached hydrogens (tertiary/aromatic N) is 3. The maximum absolute atomic E-state index is 12.9. The van der Waals surface area contributed by atoms with Crippen molar-refractivity contribution in [1.29, 1.82) is 5.41 Å². The van der Waals surface area contributed by atoms with Crippen molar-refractivity contribution in [3.8, 4) is 11.5 Å². The van der Waals surface area contributed by atoms with Gasteiger partial charge in [0.15, 0.2) is 0 Å². The van der Waals surface area contributed by atoms with Crippen molar-refractivity contribution in [3.63, 3.8) is 0 Å². The van der Waals surface area contributed by atoms with Crippen molar-refractivity contribution in [2.45, 2.75) is 11.8 Å². The van der Waals surface area contributed by atoms with Crippen LogP contribution < -0.4 is 14.7 Å². The van der Waals surface area contributed by atoms with E-state index in [1.807, 2.05) is 0 Å². The van der Waals surface area contributed by atoms with Crippen LogP contribution in [0.3, 0.4) is 0 Å². The van der Waals surface area contributed by atoms with Gasteiger partial charge in [0.2, 0.25) is 5.96 Å². The second-order valence-corrected chi connectivity index (χ2v) is 7.89. The van der Waals surface area contributed by atoms with Crippen molar-refractivity contribution in [3.05, 3.63) is 60.4 Å². The molecule has 3 N–H and O–H groups in total. The van der Waals surface area contributed by atoms with Crippen molar-refractivity contribution in [1.82, 2.24) is 9.99 Å². The molecule has 0 bridgehead atoms. The lowest BCUT2D eigenvalue weighted by atomic mass is 10.2. The molecule has 0 saturated heterocycles. The Labute approximate surface area is 174 Å². The minimum Gasteiger partial charge on any atom is -0.492 e. The molecule has 3 aromatic rings. The van der Waals surface area contributed by atoms with Gasteiger partial charge in [-0.1, -0.05) is 12.1 Å². The third-order valence-corrected chi connectivity index (χ3v) is 5.47. The van der Waals surface area contributed by atoms with Gasteiger partial charge in [-0.05, 0) is 36.8 Å². The molecule has 10 heteroatoms. The molecule has 0 radical (unpaired) electrons. The summed E-state index contributed by atoms with van der Waals surface area (Å²) in [6, 6.07) is 11.4. The van der Waals surface area contributed by atoms with Gasteiger partial charge in [-0.3, -0.25) is 10.4 Å². The summed E-state index contributed by atoms with van der Waals surface area (Å²) >= 11 is 0. The van der Waals surface area contributed by atoms with E-state index in [4.69, 9.17) is 20.1 Å². The fourth-order valence-electron chi connectivity index (χ4n) is 2.85. The van der Waals surface area contributed by atoms with E-state index in [1.165, 1.54) is 23.3 Å². The van der Waals surface area contributed by atoms with Crippen LogP contribution >= 0.6 is 0 Å². The Bertz CT molecular complexity index is 1190. The molecule has 0 atom stereocenters. The number of aromatic nitrogens is 1. The average molecular weight is 427 g/mol. The average Bonchev–Trinajstić information content (AvgIpc) is 2.69. The first-order valence-electron chi connectivity index (χ1n) is 8.90. The van der Waals surface area contributed by atoms with Gasteiger partial charge < -0.3 is 14.7 Å². The number of nitrogens with one attached hydrogen (secondary N) is 1. The van der Waals surface area contributed by atoms with Crippen LogP contribution in [0.15, 0.2) is 64.9 Å². The minimum absolute atomic E-state index is 0.0560. The molecule has 2 aromatic carbocycles. The van der Waals surface area contributed by atoms with Gasteiger partial charge in [0.05, 0.1) is 6.54 Å². The van der Waals surface area contributed by atoms with E-state index in [0.29, 0.717) is 16.5 Å². The maximum Gasteiger partial charge on any atom is 0.339 e. The Balaban J connectivity index is 1.81. The first kappa shape index (κ1) is 21.1. The lowest BCUT2D eigenvalue weighted by molar-refractivity contribution is 0.271. The number of hydrazone groups is 1. The summed E-state index contributed by atoms with van der Waals surface area (Å²) < 4.78 is 36.8. The highest BCUT2D eigenvalue weighted by molar-refractivity contribution is 7.87. The Kier molecular flexibility index (Phi) is 6.17. The smallest absolute Gasteiger partial charge is 0.339 e. The van der Waals surface area contributed by atoms with Crippen LogP contribution in [0.25, 0.3) is 10.8 Å². The van der Waals surface area contributed by atoms with Gasteiger partial charge in [0.25, 0.3) is 0 Å². The summed E-state index contributed by atoms with van der Waals surface area (Å²) in [5, 5.41) is 13.4. The number of hydrogen-bond donors (Lipinski definition) is 2. The lowest BCUT2D eigenvalue weighted by Crippen LogP contribution is -2.34. The van der Waals surface area contributed by atoms with Gasteiger partial charge >= 0.3 is 10.1 Å². The molecule has 0 aliphatic carbocycles. The zero-order valence-electron chi connectivity index (χ0n) is 16.3. The highest BCUT2D eigenvalue weighted by atomic mass is 32.2. The first-order valence-corrected chi connectivity index (χ1v) is 10.3. The molecule has 30 heavy (non-hydrogen) atoms. The van der Waals surface area contributed by atoms with Gasteiger partial charge in [0, 0.05) is 36.0 Å². The van der Waals surface area contributed by atoms with E-state index in [2.05, 4.69) is 16.8 Å². The van der Waals surface area contributed by atoms with Crippen LogP contribution in [-0.2, 0) is 10.1 Å². The van der Waals surface area contributed by atoms with E-state index < -0.39 is 10.1 Å². The molecular weight excluding hydrogens is 406 g/mol. The third kappa shape index (κ3) is 4.84. The molecule has 0 amide bonds. The largest absolute Gasteiger partial charge is 0.492 e. The molecule has 156 valence electrons. The number of benzene rings is 2. The number of guanidine groups is 1. The Hall–Kier alpha value is -3.66. The van der Waals surface area contributed by atoms with Crippen LogP contribution in [0.4, 0.5) is 0 Å². The highest BCUT2D eigenvalue weighted by Gasteiger charge is 2.20. The van der Waals surface area contributed by atoms with Gasteiger partial charge in [-0.2, -0.15) is 13.5 Å². The van der Waals surface area contributed by atoms with Gasteiger partial charge in [-0.25, -0.2) is 5.01 Å². The van der Waals surface area contributed by atoms with Crippen molar-refractivity contribution < 1.29 is 17.3 Å². The summed E-state index contributed by atoms with van der Waals surface area (Å²) in [7, 11) is -4.08. The fraction of sp³-hybridized carbons (Fsp3) is 0.150. The van der Waals surface area contributed by atoms with Crippen LogP contribution in [-0.4, -0.2) is 44.2 Å². The first-order chi connectivity index (χ1) is 14.3. The number of fused-ring (bicyclic) bond motifs is 1. The van der Waals surface area contributed by atoms with Crippen LogP contribution in [0.2, 0.25) is 0 Å². The molecule has 0 fully saturated rings. The summed E-state index contributed by atoms with van der Waals surface area (Å²) in [6.45, 7) is 5.50. The fourth-order valence-corrected chi connectivity index (χ4v) is 3.98. The second kappa shape index (κ2) is 8.78. The molecule has 0 aliphatic heterocycles. The van der Waals surface area contributed by atoms with Crippen LogP contribution in [0.1, 0.15) is 5.56 Å². The number of nitrogens with two attached hydrogens (primary N) is 1. The summed E-state index contributed by atoms with van der Waals surface area (Å²) in [6.07, 6.45) is 3.12. The molecule has 3 rings (SSSR count). The lowest BCUT2D eigenvalue weighted by Gasteiger charge is -2.16. The predicted molar refractivity (Wildman–Crippen MR) is 114 cm³/mol.